The Balaban J connectivity index is 2.06. The van der Waals surface area contributed by atoms with Crippen molar-refractivity contribution in [2.75, 3.05) is 14.2 Å². The molecule has 0 bridgehead atoms. The molecule has 7 nitrogen and oxygen atoms in total. The van der Waals surface area contributed by atoms with Gasteiger partial charge in [0, 0.05) is 13.0 Å². The number of imide groups is 1. The topological polar surface area (TPSA) is 96.9 Å². The van der Waals surface area contributed by atoms with Crippen LogP contribution in [0.5, 0.6) is 17.2 Å². The van der Waals surface area contributed by atoms with Crippen LogP contribution in [0, 0.1) is 0 Å². The van der Waals surface area contributed by atoms with Gasteiger partial charge in [0.2, 0.25) is 17.6 Å². The number of piperidine rings is 1. The number of benzene rings is 1. The number of amides is 2. The van der Waals surface area contributed by atoms with E-state index in [1.54, 1.807) is 12.1 Å². The number of phenolic OH excluding ortho intramolecular Hbond substituents is 1. The minimum Gasteiger partial charge on any atom is -0.502 e. The lowest BCUT2D eigenvalue weighted by Gasteiger charge is -2.22. The maximum Gasteiger partial charge on any atom is 0.243 e. The van der Waals surface area contributed by atoms with E-state index in [4.69, 9.17) is 9.47 Å². The predicted octanol–water partition coefficient (Wildman–Crippen LogP) is 0.304. The average Bonchev–Trinajstić information content (AvgIpc) is 2.47. The highest BCUT2D eigenvalue weighted by molar-refractivity contribution is 6.00. The summed E-state index contributed by atoms with van der Waals surface area (Å²) in [7, 11) is 2.90. The molecule has 0 aromatic heterocycles. The van der Waals surface area contributed by atoms with Crippen molar-refractivity contribution in [1.29, 1.82) is 0 Å². The summed E-state index contributed by atoms with van der Waals surface area (Å²) in [4.78, 5) is 22.7. The normalized spacial score (nSPS) is 18.3. The van der Waals surface area contributed by atoms with Gasteiger partial charge in [-0.3, -0.25) is 14.9 Å². The second kappa shape index (κ2) is 6.45. The molecule has 114 valence electrons. The van der Waals surface area contributed by atoms with Crippen molar-refractivity contribution < 1.29 is 24.2 Å². The summed E-state index contributed by atoms with van der Waals surface area (Å²) < 4.78 is 10.1. The lowest BCUT2D eigenvalue weighted by atomic mass is 10.1. The van der Waals surface area contributed by atoms with Gasteiger partial charge in [-0.15, -0.1) is 0 Å². The number of rotatable bonds is 5. The molecule has 21 heavy (non-hydrogen) atoms. The van der Waals surface area contributed by atoms with Crippen molar-refractivity contribution in [2.45, 2.75) is 25.4 Å². The number of carbonyl (C=O) groups is 2. The molecule has 3 N–H and O–H groups in total. The van der Waals surface area contributed by atoms with Crippen LogP contribution in [0.1, 0.15) is 18.4 Å². The molecule has 1 heterocycles. The number of ether oxygens (including phenoxy) is 2. The van der Waals surface area contributed by atoms with E-state index in [-0.39, 0.29) is 17.6 Å². The second-order valence-corrected chi connectivity index (χ2v) is 4.73. The lowest BCUT2D eigenvalue weighted by molar-refractivity contribution is -0.134. The van der Waals surface area contributed by atoms with Crippen LogP contribution in [-0.2, 0) is 16.1 Å². The van der Waals surface area contributed by atoms with Gasteiger partial charge in [0.1, 0.15) is 0 Å². The number of carbonyl (C=O) groups excluding carboxylic acids is 2. The fraction of sp³-hybridized carbons (Fsp3) is 0.429. The molecule has 0 aliphatic carbocycles. The summed E-state index contributed by atoms with van der Waals surface area (Å²) >= 11 is 0. The van der Waals surface area contributed by atoms with Gasteiger partial charge in [0.15, 0.2) is 11.5 Å². The third-order valence-corrected chi connectivity index (χ3v) is 3.33. The summed E-state index contributed by atoms with van der Waals surface area (Å²) in [6, 6.07) is 2.92. The molecule has 1 unspecified atom stereocenters. The van der Waals surface area contributed by atoms with Crippen molar-refractivity contribution in [2.24, 2.45) is 0 Å². The van der Waals surface area contributed by atoms with Crippen LogP contribution < -0.4 is 20.1 Å². The second-order valence-electron chi connectivity index (χ2n) is 4.73. The van der Waals surface area contributed by atoms with Gasteiger partial charge in [0.25, 0.3) is 0 Å². The minimum atomic E-state index is -0.409. The molecule has 2 rings (SSSR count). The van der Waals surface area contributed by atoms with Crippen molar-refractivity contribution in [1.82, 2.24) is 10.6 Å². The fourth-order valence-corrected chi connectivity index (χ4v) is 2.18. The van der Waals surface area contributed by atoms with E-state index in [2.05, 4.69) is 10.6 Å². The maximum absolute atomic E-state index is 11.6. The smallest absolute Gasteiger partial charge is 0.243 e. The summed E-state index contributed by atoms with van der Waals surface area (Å²) in [5.41, 5.74) is 0.797. The third-order valence-electron chi connectivity index (χ3n) is 3.33. The summed E-state index contributed by atoms with van der Waals surface area (Å²) in [5, 5.41) is 15.2. The Morgan fingerprint density at radius 2 is 1.90 bits per heavy atom. The molecule has 1 atom stereocenters. The molecule has 1 aliphatic heterocycles. The standard InChI is InChI=1S/C14H18N2O5/c1-20-10-5-8(6-11(21-2)13(10)18)7-15-9-3-4-12(17)16-14(9)19/h5-6,9,15,18H,3-4,7H2,1-2H3,(H,16,17,19). The highest BCUT2D eigenvalue weighted by atomic mass is 16.5. The zero-order valence-electron chi connectivity index (χ0n) is 11.9. The Hall–Kier alpha value is -2.28. The Kier molecular flexibility index (Phi) is 4.64. The van der Waals surface area contributed by atoms with Gasteiger partial charge in [-0.1, -0.05) is 0 Å². The molecular weight excluding hydrogens is 276 g/mol. The number of aromatic hydroxyl groups is 1. The van der Waals surface area contributed by atoms with Crippen LogP contribution in [0.4, 0.5) is 0 Å². The molecule has 0 saturated carbocycles. The Morgan fingerprint density at radius 3 is 2.43 bits per heavy atom. The third kappa shape index (κ3) is 3.43. The van der Waals surface area contributed by atoms with Crippen LogP contribution in [0.2, 0.25) is 0 Å². The SMILES string of the molecule is COc1cc(CNC2CCC(=O)NC2=O)cc(OC)c1O. The van der Waals surface area contributed by atoms with E-state index in [9.17, 15) is 14.7 Å². The monoisotopic (exact) mass is 294 g/mol. The van der Waals surface area contributed by atoms with E-state index in [1.165, 1.54) is 14.2 Å². The number of hydrogen-bond acceptors (Lipinski definition) is 6. The van der Waals surface area contributed by atoms with Crippen LogP contribution in [0.25, 0.3) is 0 Å². The number of methoxy groups -OCH3 is 2. The molecule has 0 radical (unpaired) electrons. The Morgan fingerprint density at radius 1 is 1.29 bits per heavy atom. The molecule has 1 aromatic carbocycles. The van der Waals surface area contributed by atoms with Gasteiger partial charge in [0.05, 0.1) is 20.3 Å². The van der Waals surface area contributed by atoms with Gasteiger partial charge in [-0.25, -0.2) is 0 Å². The summed E-state index contributed by atoms with van der Waals surface area (Å²) in [6.07, 6.45) is 0.794. The largest absolute Gasteiger partial charge is 0.502 e. The first-order valence-electron chi connectivity index (χ1n) is 6.56. The first kappa shape index (κ1) is 15.1. The van der Waals surface area contributed by atoms with Crippen molar-refractivity contribution in [3.05, 3.63) is 17.7 Å². The highest BCUT2D eigenvalue weighted by Crippen LogP contribution is 2.37. The van der Waals surface area contributed by atoms with Crippen molar-refractivity contribution in [3.63, 3.8) is 0 Å². The van der Waals surface area contributed by atoms with E-state index >= 15 is 0 Å². The molecule has 0 spiro atoms. The average molecular weight is 294 g/mol. The maximum atomic E-state index is 11.6. The van der Waals surface area contributed by atoms with E-state index in [0.717, 1.165) is 5.56 Å². The summed E-state index contributed by atoms with van der Waals surface area (Å²) in [5.74, 6) is -0.0245. The quantitative estimate of drug-likeness (QED) is 0.676. The molecule has 7 heteroatoms. The number of nitrogens with one attached hydrogen (secondary N) is 2. The van der Waals surface area contributed by atoms with Crippen molar-refractivity contribution >= 4 is 11.8 Å². The van der Waals surface area contributed by atoms with Crippen LogP contribution in [0.15, 0.2) is 12.1 Å². The Labute approximate surface area is 122 Å². The molecular formula is C14H18N2O5. The molecule has 1 saturated heterocycles. The Bertz CT molecular complexity index is 533. The predicted molar refractivity (Wildman–Crippen MR) is 74.2 cm³/mol. The van der Waals surface area contributed by atoms with E-state index in [0.29, 0.717) is 30.9 Å². The number of phenols is 1. The van der Waals surface area contributed by atoms with Gasteiger partial charge in [-0.2, -0.15) is 0 Å². The van der Waals surface area contributed by atoms with Crippen LogP contribution in [0.3, 0.4) is 0 Å². The first-order chi connectivity index (χ1) is 10.0. The minimum absolute atomic E-state index is 0.0650. The van der Waals surface area contributed by atoms with Gasteiger partial charge >= 0.3 is 0 Å². The molecule has 1 aromatic rings. The van der Waals surface area contributed by atoms with Crippen LogP contribution >= 0.6 is 0 Å². The van der Waals surface area contributed by atoms with Crippen molar-refractivity contribution in [3.8, 4) is 17.2 Å². The van der Waals surface area contributed by atoms with Gasteiger partial charge < -0.3 is 19.9 Å². The first-order valence-corrected chi connectivity index (χ1v) is 6.56. The number of hydrogen-bond donors (Lipinski definition) is 3. The van der Waals surface area contributed by atoms with Gasteiger partial charge in [-0.05, 0) is 24.1 Å². The lowest BCUT2D eigenvalue weighted by Crippen LogP contribution is -2.50. The molecule has 1 aliphatic rings. The van der Waals surface area contributed by atoms with Crippen LogP contribution in [-0.4, -0.2) is 37.2 Å². The molecule has 1 fully saturated rings. The fourth-order valence-electron chi connectivity index (χ4n) is 2.18. The van der Waals surface area contributed by atoms with E-state index in [1.807, 2.05) is 0 Å². The summed E-state index contributed by atoms with van der Waals surface area (Å²) in [6.45, 7) is 0.388. The zero-order chi connectivity index (χ0) is 15.4. The molecule has 2 amide bonds. The highest BCUT2D eigenvalue weighted by Gasteiger charge is 2.26. The zero-order valence-corrected chi connectivity index (χ0v) is 11.9. The van der Waals surface area contributed by atoms with E-state index < -0.39 is 6.04 Å².